The third-order valence-electron chi connectivity index (χ3n) is 4.06. The number of halogens is 1. The SMILES string of the molecule is CN(C)C(=O)CN=C(NCC1CCOC1)N(C)Cc1ccccc1.I. The van der Waals surface area contributed by atoms with Crippen LogP contribution in [0, 0.1) is 5.92 Å². The van der Waals surface area contributed by atoms with Crippen LogP contribution in [0.25, 0.3) is 0 Å². The van der Waals surface area contributed by atoms with Crippen LogP contribution < -0.4 is 5.32 Å². The van der Waals surface area contributed by atoms with E-state index >= 15 is 0 Å². The Balaban J connectivity index is 0.00000312. The number of amides is 1. The summed E-state index contributed by atoms with van der Waals surface area (Å²) in [6.45, 7) is 3.32. The number of hydrogen-bond donors (Lipinski definition) is 1. The molecule has 1 aromatic rings. The molecule has 1 atom stereocenters. The number of nitrogens with zero attached hydrogens (tertiary/aromatic N) is 3. The van der Waals surface area contributed by atoms with Crippen molar-refractivity contribution in [2.45, 2.75) is 13.0 Å². The standard InChI is InChI=1S/C18H28N4O2.HI/c1-21(2)17(23)12-20-18(19-11-16-9-10-24-14-16)22(3)13-15-7-5-4-6-8-15;/h4-8,16H,9-14H2,1-3H3,(H,19,20);1H. The van der Waals surface area contributed by atoms with Gasteiger partial charge in [-0.25, -0.2) is 4.99 Å². The summed E-state index contributed by atoms with van der Waals surface area (Å²) in [6, 6.07) is 10.2. The van der Waals surface area contributed by atoms with Crippen LogP contribution in [0.3, 0.4) is 0 Å². The highest BCUT2D eigenvalue weighted by Crippen LogP contribution is 2.11. The minimum absolute atomic E-state index is 0. The predicted molar refractivity (Wildman–Crippen MR) is 111 cm³/mol. The maximum atomic E-state index is 11.8. The summed E-state index contributed by atoms with van der Waals surface area (Å²) in [7, 11) is 5.48. The van der Waals surface area contributed by atoms with Crippen molar-refractivity contribution in [2.75, 3.05) is 47.4 Å². The molecule has 1 amide bonds. The van der Waals surface area contributed by atoms with E-state index in [1.54, 1.807) is 19.0 Å². The molecule has 7 heteroatoms. The summed E-state index contributed by atoms with van der Waals surface area (Å²) in [5, 5.41) is 3.40. The molecule has 2 rings (SSSR count). The van der Waals surface area contributed by atoms with Gasteiger partial charge in [-0.1, -0.05) is 30.3 Å². The zero-order valence-electron chi connectivity index (χ0n) is 15.3. The molecule has 0 aromatic heterocycles. The largest absolute Gasteiger partial charge is 0.381 e. The highest BCUT2D eigenvalue weighted by molar-refractivity contribution is 14.0. The molecule has 1 unspecified atom stereocenters. The van der Waals surface area contributed by atoms with E-state index < -0.39 is 0 Å². The number of carbonyl (C=O) groups is 1. The Labute approximate surface area is 167 Å². The van der Waals surface area contributed by atoms with Crippen molar-refractivity contribution in [1.29, 1.82) is 0 Å². The van der Waals surface area contributed by atoms with Gasteiger partial charge in [-0.2, -0.15) is 0 Å². The van der Waals surface area contributed by atoms with E-state index in [0.29, 0.717) is 5.92 Å². The van der Waals surface area contributed by atoms with Crippen molar-refractivity contribution >= 4 is 35.8 Å². The van der Waals surface area contributed by atoms with Crippen LogP contribution in [-0.2, 0) is 16.1 Å². The second-order valence-electron chi connectivity index (χ2n) is 6.38. The van der Waals surface area contributed by atoms with Crippen molar-refractivity contribution in [3.05, 3.63) is 35.9 Å². The number of rotatable bonds is 6. The van der Waals surface area contributed by atoms with Crippen molar-refractivity contribution in [3.63, 3.8) is 0 Å². The molecular weight excluding hydrogens is 431 g/mol. The van der Waals surface area contributed by atoms with E-state index in [0.717, 1.165) is 38.7 Å². The van der Waals surface area contributed by atoms with Crippen LogP contribution >= 0.6 is 24.0 Å². The lowest BCUT2D eigenvalue weighted by Crippen LogP contribution is -2.41. The Kier molecular flexibility index (Phi) is 9.81. The summed E-state index contributed by atoms with van der Waals surface area (Å²) < 4.78 is 5.42. The number of likely N-dealkylation sites (N-methyl/N-ethyl adjacent to an activating group) is 1. The molecule has 0 aliphatic carbocycles. The maximum absolute atomic E-state index is 11.8. The Morgan fingerprint density at radius 3 is 2.60 bits per heavy atom. The molecule has 1 N–H and O–H groups in total. The van der Waals surface area contributed by atoms with Crippen LogP contribution in [0.2, 0.25) is 0 Å². The number of aliphatic imine (C=N–C) groups is 1. The summed E-state index contributed by atoms with van der Waals surface area (Å²) in [5.41, 5.74) is 1.21. The molecular formula is C18H29IN4O2. The molecule has 1 saturated heterocycles. The minimum atomic E-state index is -0.00777. The van der Waals surface area contributed by atoms with Crippen LogP contribution in [0.5, 0.6) is 0 Å². The maximum Gasteiger partial charge on any atom is 0.243 e. The van der Waals surface area contributed by atoms with Crippen LogP contribution in [0.1, 0.15) is 12.0 Å². The lowest BCUT2D eigenvalue weighted by atomic mass is 10.1. The fourth-order valence-corrected chi connectivity index (χ4v) is 2.51. The van der Waals surface area contributed by atoms with E-state index in [-0.39, 0.29) is 36.4 Å². The zero-order chi connectivity index (χ0) is 17.4. The molecule has 6 nitrogen and oxygen atoms in total. The quantitative estimate of drug-likeness (QED) is 0.400. The zero-order valence-corrected chi connectivity index (χ0v) is 17.6. The van der Waals surface area contributed by atoms with Gasteiger partial charge in [0.25, 0.3) is 0 Å². The molecule has 0 bridgehead atoms. The van der Waals surface area contributed by atoms with Crippen LogP contribution in [-0.4, -0.2) is 69.1 Å². The number of hydrogen-bond acceptors (Lipinski definition) is 3. The van der Waals surface area contributed by atoms with Gasteiger partial charge in [0.05, 0.1) is 6.61 Å². The van der Waals surface area contributed by atoms with E-state index in [4.69, 9.17) is 4.74 Å². The third-order valence-corrected chi connectivity index (χ3v) is 4.06. The first-order chi connectivity index (χ1) is 11.6. The van der Waals surface area contributed by atoms with Gasteiger partial charge in [-0.05, 0) is 12.0 Å². The second-order valence-corrected chi connectivity index (χ2v) is 6.38. The minimum Gasteiger partial charge on any atom is -0.381 e. The molecule has 1 aliphatic rings. The topological polar surface area (TPSA) is 57.2 Å². The highest BCUT2D eigenvalue weighted by Gasteiger charge is 2.17. The average molecular weight is 460 g/mol. The number of nitrogens with one attached hydrogen (secondary N) is 1. The Morgan fingerprint density at radius 2 is 2.00 bits per heavy atom. The van der Waals surface area contributed by atoms with Crippen LogP contribution in [0.15, 0.2) is 35.3 Å². The van der Waals surface area contributed by atoms with Crippen molar-refractivity contribution in [2.24, 2.45) is 10.9 Å². The first-order valence-electron chi connectivity index (χ1n) is 8.37. The monoisotopic (exact) mass is 460 g/mol. The van der Waals surface area contributed by atoms with Crippen molar-refractivity contribution in [1.82, 2.24) is 15.1 Å². The fourth-order valence-electron chi connectivity index (χ4n) is 2.51. The Morgan fingerprint density at radius 1 is 1.28 bits per heavy atom. The number of guanidine groups is 1. The Hall–Kier alpha value is -1.35. The predicted octanol–water partition coefficient (Wildman–Crippen LogP) is 1.81. The number of carbonyl (C=O) groups excluding carboxylic acids is 1. The first kappa shape index (κ1) is 21.7. The molecule has 1 fully saturated rings. The van der Waals surface area contributed by atoms with Crippen molar-refractivity contribution < 1.29 is 9.53 Å². The lowest BCUT2D eigenvalue weighted by molar-refractivity contribution is -0.127. The molecule has 0 radical (unpaired) electrons. The average Bonchev–Trinajstić information content (AvgIpc) is 3.08. The van der Waals surface area contributed by atoms with Gasteiger partial charge >= 0.3 is 0 Å². The molecule has 1 aromatic carbocycles. The normalized spacial score (nSPS) is 16.9. The van der Waals surface area contributed by atoms with Gasteiger partial charge in [-0.3, -0.25) is 4.79 Å². The van der Waals surface area contributed by atoms with Gasteiger partial charge < -0.3 is 19.9 Å². The molecule has 140 valence electrons. The van der Waals surface area contributed by atoms with Gasteiger partial charge in [0, 0.05) is 46.8 Å². The summed E-state index contributed by atoms with van der Waals surface area (Å²) in [5.74, 6) is 1.25. The Bertz CT molecular complexity index is 545. The summed E-state index contributed by atoms with van der Waals surface area (Å²) in [4.78, 5) is 20.0. The van der Waals surface area contributed by atoms with Gasteiger partial charge in [0.1, 0.15) is 6.54 Å². The third kappa shape index (κ3) is 7.60. The number of ether oxygens (including phenoxy) is 1. The first-order valence-corrected chi connectivity index (χ1v) is 8.37. The van der Waals surface area contributed by atoms with Gasteiger partial charge in [0.2, 0.25) is 5.91 Å². The lowest BCUT2D eigenvalue weighted by Gasteiger charge is -2.24. The summed E-state index contributed by atoms with van der Waals surface area (Å²) >= 11 is 0. The molecule has 1 heterocycles. The van der Waals surface area contributed by atoms with Crippen molar-refractivity contribution in [3.8, 4) is 0 Å². The second kappa shape index (κ2) is 11.3. The highest BCUT2D eigenvalue weighted by atomic mass is 127. The molecule has 25 heavy (non-hydrogen) atoms. The number of benzene rings is 1. The van der Waals surface area contributed by atoms with E-state index in [1.807, 2.05) is 30.1 Å². The van der Waals surface area contributed by atoms with Crippen LogP contribution in [0.4, 0.5) is 0 Å². The molecule has 1 aliphatic heterocycles. The fraction of sp³-hybridized carbons (Fsp3) is 0.556. The molecule has 0 saturated carbocycles. The smallest absolute Gasteiger partial charge is 0.243 e. The molecule has 0 spiro atoms. The van der Waals surface area contributed by atoms with E-state index in [2.05, 4.69) is 22.4 Å². The van der Waals surface area contributed by atoms with E-state index in [9.17, 15) is 4.79 Å². The van der Waals surface area contributed by atoms with Gasteiger partial charge in [-0.15, -0.1) is 24.0 Å². The van der Waals surface area contributed by atoms with Gasteiger partial charge in [0.15, 0.2) is 5.96 Å². The summed E-state index contributed by atoms with van der Waals surface area (Å²) in [6.07, 6.45) is 1.07. The van der Waals surface area contributed by atoms with E-state index in [1.165, 1.54) is 5.56 Å².